The van der Waals surface area contributed by atoms with Crippen molar-refractivity contribution in [2.24, 2.45) is 0 Å². The molecule has 5 heteroatoms. The standard InChI is InChI=1S/C20H24N2O2S/c23-18(17-11-10-14-6-4-5-9-16(14)12-17)13-25-20-22-21-19(24-20)15-7-2-1-3-8-15/h10-12,15H,1-9,13H2. The fourth-order valence-corrected chi connectivity index (χ4v) is 4.57. The highest BCUT2D eigenvalue weighted by atomic mass is 32.2. The number of carbonyl (C=O) groups is 1. The number of benzene rings is 1. The van der Waals surface area contributed by atoms with Crippen molar-refractivity contribution in [2.45, 2.75) is 68.9 Å². The summed E-state index contributed by atoms with van der Waals surface area (Å²) in [4.78, 5) is 12.5. The average molecular weight is 356 g/mol. The van der Waals surface area contributed by atoms with Gasteiger partial charge in [0.2, 0.25) is 5.89 Å². The highest BCUT2D eigenvalue weighted by molar-refractivity contribution is 7.99. The minimum atomic E-state index is 0.135. The topological polar surface area (TPSA) is 56.0 Å². The second-order valence-electron chi connectivity index (χ2n) is 7.14. The zero-order valence-corrected chi connectivity index (χ0v) is 15.3. The number of nitrogens with zero attached hydrogens (tertiary/aromatic N) is 2. The third kappa shape index (κ3) is 3.97. The van der Waals surface area contributed by atoms with Crippen LogP contribution in [-0.2, 0) is 12.8 Å². The maximum absolute atomic E-state index is 12.5. The normalized spacial score (nSPS) is 18.1. The molecule has 0 atom stereocenters. The number of thioether (sulfide) groups is 1. The van der Waals surface area contributed by atoms with Crippen LogP contribution >= 0.6 is 11.8 Å². The van der Waals surface area contributed by atoms with E-state index in [-0.39, 0.29) is 5.78 Å². The molecule has 1 aromatic heterocycles. The number of fused-ring (bicyclic) bond motifs is 1. The fraction of sp³-hybridized carbons (Fsp3) is 0.550. The molecular formula is C20H24N2O2S. The van der Waals surface area contributed by atoms with Crippen molar-refractivity contribution in [1.82, 2.24) is 10.2 Å². The lowest BCUT2D eigenvalue weighted by molar-refractivity contribution is 0.102. The summed E-state index contributed by atoms with van der Waals surface area (Å²) in [6, 6.07) is 6.17. The summed E-state index contributed by atoms with van der Waals surface area (Å²) in [7, 11) is 0. The van der Waals surface area contributed by atoms with E-state index in [2.05, 4.69) is 22.3 Å². The zero-order valence-electron chi connectivity index (χ0n) is 14.5. The molecule has 0 N–H and O–H groups in total. The van der Waals surface area contributed by atoms with Gasteiger partial charge >= 0.3 is 0 Å². The summed E-state index contributed by atoms with van der Waals surface area (Å²) in [6.07, 6.45) is 10.8. The van der Waals surface area contributed by atoms with E-state index in [1.807, 2.05) is 6.07 Å². The second-order valence-corrected chi connectivity index (χ2v) is 8.07. The van der Waals surface area contributed by atoms with E-state index in [0.717, 1.165) is 37.1 Å². The molecule has 0 bridgehead atoms. The van der Waals surface area contributed by atoms with Gasteiger partial charge in [-0.2, -0.15) is 0 Å². The van der Waals surface area contributed by atoms with Crippen molar-refractivity contribution < 1.29 is 9.21 Å². The van der Waals surface area contributed by atoms with E-state index in [1.54, 1.807) is 0 Å². The van der Waals surface area contributed by atoms with Crippen LogP contribution in [0, 0.1) is 0 Å². The minimum absolute atomic E-state index is 0.135. The van der Waals surface area contributed by atoms with Crippen LogP contribution in [0.5, 0.6) is 0 Å². The highest BCUT2D eigenvalue weighted by Crippen LogP contribution is 2.33. The van der Waals surface area contributed by atoms with Crippen molar-refractivity contribution in [3.05, 3.63) is 40.8 Å². The minimum Gasteiger partial charge on any atom is -0.416 e. The Morgan fingerprint density at radius 1 is 1.04 bits per heavy atom. The third-order valence-corrected chi connectivity index (χ3v) is 6.19. The van der Waals surface area contributed by atoms with Gasteiger partial charge in [0, 0.05) is 11.5 Å². The van der Waals surface area contributed by atoms with Crippen LogP contribution < -0.4 is 0 Å². The fourth-order valence-electron chi connectivity index (χ4n) is 3.91. The first-order chi connectivity index (χ1) is 12.3. The lowest BCUT2D eigenvalue weighted by atomic mass is 9.89. The highest BCUT2D eigenvalue weighted by Gasteiger charge is 2.22. The number of aryl methyl sites for hydroxylation is 2. The van der Waals surface area contributed by atoms with Gasteiger partial charge < -0.3 is 4.42 Å². The Labute approximate surface area is 152 Å². The van der Waals surface area contributed by atoms with Crippen LogP contribution in [0.15, 0.2) is 27.8 Å². The Balaban J connectivity index is 1.36. The molecule has 2 aromatic rings. The van der Waals surface area contributed by atoms with Gasteiger partial charge in [-0.05, 0) is 55.7 Å². The van der Waals surface area contributed by atoms with Crippen LogP contribution in [0.3, 0.4) is 0 Å². The SMILES string of the molecule is O=C(CSc1nnc(C2CCCCC2)o1)c1ccc2c(c1)CCCC2. The lowest BCUT2D eigenvalue weighted by Gasteiger charge is -2.17. The largest absolute Gasteiger partial charge is 0.416 e. The van der Waals surface area contributed by atoms with E-state index in [1.165, 1.54) is 55.0 Å². The van der Waals surface area contributed by atoms with Crippen LogP contribution in [0.2, 0.25) is 0 Å². The van der Waals surface area contributed by atoms with Gasteiger partial charge in [0.15, 0.2) is 5.78 Å². The number of aromatic nitrogens is 2. The summed E-state index contributed by atoms with van der Waals surface area (Å²) in [5.74, 6) is 1.65. The molecule has 0 amide bonds. The monoisotopic (exact) mass is 356 g/mol. The molecule has 0 unspecified atom stereocenters. The maximum atomic E-state index is 12.5. The summed E-state index contributed by atoms with van der Waals surface area (Å²) >= 11 is 1.36. The summed E-state index contributed by atoms with van der Waals surface area (Å²) in [5, 5.41) is 8.84. The molecule has 2 aliphatic carbocycles. The van der Waals surface area contributed by atoms with Crippen LogP contribution in [0.4, 0.5) is 0 Å². The first-order valence-corrected chi connectivity index (χ1v) is 10.4. The molecule has 1 aromatic carbocycles. The molecule has 0 saturated heterocycles. The van der Waals surface area contributed by atoms with Crippen LogP contribution in [0.25, 0.3) is 0 Å². The molecule has 2 aliphatic rings. The molecule has 0 radical (unpaired) electrons. The number of rotatable bonds is 5. The molecule has 4 nitrogen and oxygen atoms in total. The van der Waals surface area contributed by atoms with Crippen LogP contribution in [0.1, 0.15) is 78.2 Å². The van der Waals surface area contributed by atoms with Gasteiger partial charge in [0.05, 0.1) is 5.75 Å². The first-order valence-electron chi connectivity index (χ1n) is 9.41. The van der Waals surface area contributed by atoms with Gasteiger partial charge in [0.25, 0.3) is 5.22 Å². The van der Waals surface area contributed by atoms with Gasteiger partial charge in [-0.15, -0.1) is 10.2 Å². The first kappa shape index (κ1) is 16.8. The van der Waals surface area contributed by atoms with Crippen molar-refractivity contribution in [1.29, 1.82) is 0 Å². The van der Waals surface area contributed by atoms with E-state index in [9.17, 15) is 4.79 Å². The van der Waals surface area contributed by atoms with Crippen molar-refractivity contribution in [3.8, 4) is 0 Å². The molecule has 1 heterocycles. The van der Waals surface area contributed by atoms with Crippen molar-refractivity contribution in [3.63, 3.8) is 0 Å². The van der Waals surface area contributed by atoms with E-state index >= 15 is 0 Å². The molecule has 25 heavy (non-hydrogen) atoms. The van der Waals surface area contributed by atoms with E-state index in [0.29, 0.717) is 16.9 Å². The number of ketones is 1. The lowest BCUT2D eigenvalue weighted by Crippen LogP contribution is -2.07. The summed E-state index contributed by atoms with van der Waals surface area (Å²) in [6.45, 7) is 0. The Bertz CT molecular complexity index is 750. The molecule has 132 valence electrons. The quantitative estimate of drug-likeness (QED) is 0.559. The molecule has 1 fully saturated rings. The Morgan fingerprint density at radius 3 is 2.68 bits per heavy atom. The third-order valence-electron chi connectivity index (χ3n) is 5.37. The Kier molecular flexibility index (Phi) is 5.20. The van der Waals surface area contributed by atoms with E-state index < -0.39 is 0 Å². The zero-order chi connectivity index (χ0) is 17.1. The smallest absolute Gasteiger partial charge is 0.277 e. The summed E-state index contributed by atoms with van der Waals surface area (Å²) in [5.41, 5.74) is 3.56. The van der Waals surface area contributed by atoms with Gasteiger partial charge in [0.1, 0.15) is 0 Å². The number of carbonyl (C=O) groups excluding carboxylic acids is 1. The molecule has 0 spiro atoms. The maximum Gasteiger partial charge on any atom is 0.277 e. The number of Topliss-reactive ketones (excluding diaryl/α,β-unsaturated/α-hetero) is 1. The number of hydrogen-bond donors (Lipinski definition) is 0. The Morgan fingerprint density at radius 2 is 1.84 bits per heavy atom. The Hall–Kier alpha value is -1.62. The molecule has 0 aliphatic heterocycles. The van der Waals surface area contributed by atoms with Gasteiger partial charge in [-0.25, -0.2) is 0 Å². The molecule has 1 saturated carbocycles. The molecular weight excluding hydrogens is 332 g/mol. The summed E-state index contributed by atoms with van der Waals surface area (Å²) < 4.78 is 5.79. The predicted octanol–water partition coefficient (Wildman–Crippen LogP) is 4.97. The number of hydrogen-bond acceptors (Lipinski definition) is 5. The second kappa shape index (κ2) is 7.73. The van der Waals surface area contributed by atoms with Gasteiger partial charge in [-0.1, -0.05) is 43.2 Å². The van der Waals surface area contributed by atoms with Crippen LogP contribution in [-0.4, -0.2) is 21.7 Å². The van der Waals surface area contributed by atoms with Gasteiger partial charge in [-0.3, -0.25) is 4.79 Å². The van der Waals surface area contributed by atoms with Crippen molar-refractivity contribution in [2.75, 3.05) is 5.75 Å². The molecule has 4 rings (SSSR count). The van der Waals surface area contributed by atoms with E-state index in [4.69, 9.17) is 4.42 Å². The average Bonchev–Trinajstić information content (AvgIpc) is 3.15. The van der Waals surface area contributed by atoms with Crippen molar-refractivity contribution >= 4 is 17.5 Å². The predicted molar refractivity (Wildman–Crippen MR) is 98.3 cm³/mol.